The molecule has 1 aliphatic rings. The third-order valence-electron chi connectivity index (χ3n) is 5.36. The second-order valence-corrected chi connectivity index (χ2v) is 9.12. The normalized spacial score (nSPS) is 15.9. The maximum Gasteiger partial charge on any atom is 0.270 e. The Labute approximate surface area is 170 Å². The first-order valence-electron chi connectivity index (χ1n) is 9.53. The molecule has 2 aromatic rings. The summed E-state index contributed by atoms with van der Waals surface area (Å²) < 4.78 is 32.6. The quantitative estimate of drug-likeness (QED) is 0.534. The number of ether oxygens (including phenoxy) is 1. The van der Waals surface area contributed by atoms with Crippen LogP contribution in [0.15, 0.2) is 47.4 Å². The Hall–Kier alpha value is -2.49. The Bertz CT molecular complexity index is 968. The van der Waals surface area contributed by atoms with E-state index < -0.39 is 14.9 Å². The van der Waals surface area contributed by atoms with Crippen LogP contribution in [0.4, 0.5) is 5.69 Å². The van der Waals surface area contributed by atoms with Crippen LogP contribution in [0.3, 0.4) is 0 Å². The molecule has 0 saturated carbocycles. The van der Waals surface area contributed by atoms with E-state index in [2.05, 4.69) is 0 Å². The number of methoxy groups -OCH3 is 1. The molecule has 3 rings (SSSR count). The molecule has 0 radical (unpaired) electrons. The number of benzene rings is 2. The Balaban J connectivity index is 1.61. The zero-order valence-electron chi connectivity index (χ0n) is 16.6. The molecule has 0 amide bonds. The molecular formula is C20H26N3O5S+. The van der Waals surface area contributed by atoms with Gasteiger partial charge in [-0.15, -0.1) is 0 Å². The van der Waals surface area contributed by atoms with Gasteiger partial charge in [-0.05, 0) is 30.2 Å². The minimum atomic E-state index is -3.75. The topological polar surface area (TPSA) is 94.2 Å². The summed E-state index contributed by atoms with van der Waals surface area (Å²) in [4.78, 5) is 11.8. The number of aryl methyl sites for hydroxylation is 1. The molecule has 8 nitrogen and oxygen atoms in total. The van der Waals surface area contributed by atoms with E-state index in [1.165, 1.54) is 26.9 Å². The van der Waals surface area contributed by atoms with Gasteiger partial charge >= 0.3 is 0 Å². The first kappa shape index (κ1) is 21.2. The highest BCUT2D eigenvalue weighted by Crippen LogP contribution is 2.24. The zero-order valence-corrected chi connectivity index (χ0v) is 17.4. The van der Waals surface area contributed by atoms with Crippen molar-refractivity contribution in [1.82, 2.24) is 4.31 Å². The highest BCUT2D eigenvalue weighted by molar-refractivity contribution is 7.89. The van der Waals surface area contributed by atoms with E-state index >= 15 is 0 Å². The number of sulfonamides is 1. The van der Waals surface area contributed by atoms with Crippen LogP contribution in [-0.4, -0.2) is 57.5 Å². The van der Waals surface area contributed by atoms with Crippen LogP contribution < -0.4 is 9.64 Å². The number of non-ortho nitro benzene ring substituents is 1. The molecule has 9 heteroatoms. The monoisotopic (exact) mass is 420 g/mol. The highest BCUT2D eigenvalue weighted by atomic mass is 32.2. The Morgan fingerprint density at radius 3 is 2.38 bits per heavy atom. The lowest BCUT2D eigenvalue weighted by Gasteiger charge is -2.31. The van der Waals surface area contributed by atoms with Gasteiger partial charge in [0, 0.05) is 18.6 Å². The summed E-state index contributed by atoms with van der Waals surface area (Å²) in [5.41, 5.74) is 1.53. The van der Waals surface area contributed by atoms with Gasteiger partial charge in [-0.1, -0.05) is 18.2 Å². The van der Waals surface area contributed by atoms with E-state index in [1.807, 2.05) is 24.3 Å². The number of rotatable bonds is 7. The largest absolute Gasteiger partial charge is 0.497 e. The fourth-order valence-electron chi connectivity index (χ4n) is 3.53. The van der Waals surface area contributed by atoms with Crippen molar-refractivity contribution in [3.05, 3.63) is 63.7 Å². The van der Waals surface area contributed by atoms with Crippen molar-refractivity contribution >= 4 is 15.7 Å². The van der Waals surface area contributed by atoms with Crippen LogP contribution in [0, 0.1) is 17.0 Å². The molecule has 0 aliphatic carbocycles. The molecule has 1 aliphatic heterocycles. The summed E-state index contributed by atoms with van der Waals surface area (Å²) in [5, 5.41) is 11.0. The molecule has 0 aromatic heterocycles. The lowest BCUT2D eigenvalue weighted by molar-refractivity contribution is -0.903. The maximum absolute atomic E-state index is 13.0. The number of nitrogens with zero attached hydrogens (tertiary/aromatic N) is 2. The summed E-state index contributed by atoms with van der Waals surface area (Å²) in [7, 11) is -2.10. The second kappa shape index (κ2) is 8.89. The van der Waals surface area contributed by atoms with Crippen LogP contribution >= 0.6 is 0 Å². The number of nitro groups is 1. The molecule has 29 heavy (non-hydrogen) atoms. The third-order valence-corrected chi connectivity index (χ3v) is 7.40. The fourth-order valence-corrected chi connectivity index (χ4v) is 5.21. The smallest absolute Gasteiger partial charge is 0.270 e. The molecule has 1 fully saturated rings. The van der Waals surface area contributed by atoms with Gasteiger partial charge in [0.25, 0.3) is 5.69 Å². The highest BCUT2D eigenvalue weighted by Gasteiger charge is 2.32. The predicted octanol–water partition coefficient (Wildman–Crippen LogP) is 1.04. The van der Waals surface area contributed by atoms with Gasteiger partial charge in [0.1, 0.15) is 5.75 Å². The predicted molar refractivity (Wildman–Crippen MR) is 109 cm³/mol. The van der Waals surface area contributed by atoms with Crippen LogP contribution in [0.25, 0.3) is 0 Å². The molecule has 1 heterocycles. The van der Waals surface area contributed by atoms with Crippen LogP contribution in [0.2, 0.25) is 0 Å². The lowest BCUT2D eigenvalue weighted by atomic mass is 10.1. The van der Waals surface area contributed by atoms with Crippen molar-refractivity contribution in [2.24, 2.45) is 0 Å². The Kier molecular flexibility index (Phi) is 6.51. The summed E-state index contributed by atoms with van der Waals surface area (Å²) in [6.45, 7) is 4.82. The lowest BCUT2D eigenvalue weighted by Crippen LogP contribution is -3.15. The van der Waals surface area contributed by atoms with Crippen molar-refractivity contribution in [2.75, 3.05) is 39.8 Å². The zero-order chi connectivity index (χ0) is 21.0. The molecule has 1 N–H and O–H groups in total. The summed E-state index contributed by atoms with van der Waals surface area (Å²) >= 11 is 0. The molecule has 0 bridgehead atoms. The fraction of sp³-hybridized carbons (Fsp3) is 0.400. The molecule has 0 spiro atoms. The van der Waals surface area contributed by atoms with Crippen molar-refractivity contribution in [3.8, 4) is 5.75 Å². The number of hydrogen-bond acceptors (Lipinski definition) is 5. The van der Waals surface area contributed by atoms with Gasteiger partial charge in [-0.2, -0.15) is 4.31 Å². The molecule has 0 atom stereocenters. The molecular weight excluding hydrogens is 394 g/mol. The number of quaternary nitrogens is 1. The van der Waals surface area contributed by atoms with E-state index in [-0.39, 0.29) is 10.6 Å². The molecule has 2 aromatic carbocycles. The van der Waals surface area contributed by atoms with Gasteiger partial charge in [-0.25, -0.2) is 8.42 Å². The average molecular weight is 421 g/mol. The van der Waals surface area contributed by atoms with E-state index in [4.69, 9.17) is 4.74 Å². The Morgan fingerprint density at radius 2 is 1.79 bits per heavy atom. The van der Waals surface area contributed by atoms with Gasteiger partial charge < -0.3 is 9.64 Å². The van der Waals surface area contributed by atoms with E-state index in [1.54, 1.807) is 14.0 Å². The van der Waals surface area contributed by atoms with Gasteiger partial charge in [0.2, 0.25) is 10.0 Å². The number of nitrogens with one attached hydrogen (secondary N) is 1. The van der Waals surface area contributed by atoms with E-state index in [9.17, 15) is 18.5 Å². The first-order valence-corrected chi connectivity index (χ1v) is 11.0. The maximum atomic E-state index is 13.0. The van der Waals surface area contributed by atoms with Gasteiger partial charge in [0.05, 0.1) is 49.7 Å². The Morgan fingerprint density at radius 1 is 1.14 bits per heavy atom. The number of piperazine rings is 1. The van der Waals surface area contributed by atoms with Crippen LogP contribution in [0.1, 0.15) is 11.1 Å². The molecule has 156 valence electrons. The summed E-state index contributed by atoms with van der Waals surface area (Å²) in [6, 6.07) is 12.0. The minimum absolute atomic E-state index is 0.0217. The van der Waals surface area contributed by atoms with Crippen molar-refractivity contribution in [3.63, 3.8) is 0 Å². The summed E-state index contributed by atoms with van der Waals surface area (Å²) in [6.07, 6.45) is 0.913. The van der Waals surface area contributed by atoms with Crippen LogP contribution in [-0.2, 0) is 16.4 Å². The van der Waals surface area contributed by atoms with Crippen molar-refractivity contribution in [1.29, 1.82) is 0 Å². The van der Waals surface area contributed by atoms with E-state index in [0.717, 1.165) is 24.8 Å². The average Bonchev–Trinajstić information content (AvgIpc) is 2.73. The van der Waals surface area contributed by atoms with E-state index in [0.29, 0.717) is 31.7 Å². The van der Waals surface area contributed by atoms with Crippen molar-refractivity contribution < 1.29 is 23.0 Å². The molecule has 0 unspecified atom stereocenters. The SMILES string of the molecule is COc1ccc(CC[NH+]2CCN(S(=O)(=O)c3cc([N+](=O)[O-])ccc3C)CC2)cc1. The standard InChI is InChI=1S/C20H25N3O5S/c1-16-3-6-18(23(24)25)15-20(16)29(26,27)22-13-11-21(12-14-22)10-9-17-4-7-19(28-2)8-5-17/h3-8,15H,9-14H2,1-2H3/p+1. The summed E-state index contributed by atoms with van der Waals surface area (Å²) in [5.74, 6) is 0.830. The first-order chi connectivity index (χ1) is 13.8. The van der Waals surface area contributed by atoms with Gasteiger partial charge in [0.15, 0.2) is 0 Å². The second-order valence-electron chi connectivity index (χ2n) is 7.21. The number of nitro benzene ring substituents is 1. The third kappa shape index (κ3) is 4.92. The van der Waals surface area contributed by atoms with Crippen LogP contribution in [0.5, 0.6) is 5.75 Å². The number of hydrogen-bond donors (Lipinski definition) is 1. The van der Waals surface area contributed by atoms with Crippen molar-refractivity contribution in [2.45, 2.75) is 18.2 Å². The minimum Gasteiger partial charge on any atom is -0.497 e. The molecule has 1 saturated heterocycles. The van der Waals surface area contributed by atoms with Gasteiger partial charge in [-0.3, -0.25) is 10.1 Å².